The fraction of sp³-hybridized carbons (Fsp3) is 0.632. The highest BCUT2D eigenvalue weighted by atomic mass is 32.1. The predicted molar refractivity (Wildman–Crippen MR) is 102 cm³/mol. The van der Waals surface area contributed by atoms with Crippen molar-refractivity contribution in [2.45, 2.75) is 50.7 Å². The second-order valence-electron chi connectivity index (χ2n) is 7.19. The van der Waals surface area contributed by atoms with Crippen molar-refractivity contribution in [3.8, 4) is 0 Å². The maximum atomic E-state index is 12.7. The van der Waals surface area contributed by atoms with Gasteiger partial charge < -0.3 is 15.1 Å². The van der Waals surface area contributed by atoms with E-state index in [9.17, 15) is 13.2 Å². The molecule has 1 N–H and O–H groups in total. The fourth-order valence-electron chi connectivity index (χ4n) is 3.84. The zero-order valence-electron chi connectivity index (χ0n) is 14.9. The molecule has 3 rings (SSSR count). The Morgan fingerprint density at radius 1 is 1.04 bits per heavy atom. The molecule has 0 spiro atoms. The maximum absolute atomic E-state index is 12.7. The smallest absolute Gasteiger partial charge is 0.346 e. The van der Waals surface area contributed by atoms with Crippen LogP contribution >= 0.6 is 12.2 Å². The lowest BCUT2D eigenvalue weighted by atomic mass is 9.99. The number of benzene rings is 1. The lowest BCUT2D eigenvalue weighted by molar-refractivity contribution is -0.137. The molecule has 0 bridgehead atoms. The lowest BCUT2D eigenvalue weighted by Gasteiger charge is -2.38. The summed E-state index contributed by atoms with van der Waals surface area (Å²) in [6.07, 6.45) is 2.81. The molecule has 0 saturated carbocycles. The molecule has 0 aromatic heterocycles. The molecule has 2 fully saturated rings. The average Bonchev–Trinajstić information content (AvgIpc) is 3.13. The Kier molecular flexibility index (Phi) is 6.40. The first kappa shape index (κ1) is 19.4. The molecule has 0 aliphatic carbocycles. The molecule has 144 valence electrons. The summed E-state index contributed by atoms with van der Waals surface area (Å²) in [7, 11) is 0. The van der Waals surface area contributed by atoms with Crippen LogP contribution in [-0.4, -0.2) is 47.1 Å². The minimum Gasteiger partial charge on any atom is -0.346 e. The number of hydrogen-bond acceptors (Lipinski definition) is 2. The van der Waals surface area contributed by atoms with Gasteiger partial charge in [-0.1, -0.05) is 0 Å². The zero-order chi connectivity index (χ0) is 18.6. The number of thiocarbonyl (C=S) groups is 1. The third kappa shape index (κ3) is 5.10. The van der Waals surface area contributed by atoms with Crippen LogP contribution < -0.4 is 5.32 Å². The molecular weight excluding hydrogens is 359 g/mol. The standard InChI is InChI=1S/C19H26F3N3S/c20-19(21,22)15-6-8-16(9-7-15)23-18(26)25-13-2-1-5-17(25)10-14-24-11-3-4-12-24/h6-9,17H,1-5,10-14H2,(H,23,26)/t17-/m1/s1. The normalized spacial score (nSPS) is 21.8. The Labute approximate surface area is 158 Å². The van der Waals surface area contributed by atoms with Gasteiger partial charge in [0.05, 0.1) is 5.56 Å². The molecule has 0 amide bonds. The van der Waals surface area contributed by atoms with Gasteiger partial charge in [-0.15, -0.1) is 0 Å². The van der Waals surface area contributed by atoms with Crippen LogP contribution in [-0.2, 0) is 6.18 Å². The van der Waals surface area contributed by atoms with Gasteiger partial charge in [-0.3, -0.25) is 0 Å². The summed E-state index contributed by atoms with van der Waals surface area (Å²) in [5.74, 6) is 0. The Bertz CT molecular complexity index is 597. The average molecular weight is 385 g/mol. The van der Waals surface area contributed by atoms with Crippen molar-refractivity contribution >= 4 is 23.0 Å². The van der Waals surface area contributed by atoms with Gasteiger partial charge in [-0.05, 0) is 88.1 Å². The molecule has 0 unspecified atom stereocenters. The van der Waals surface area contributed by atoms with Crippen LogP contribution in [0.5, 0.6) is 0 Å². The van der Waals surface area contributed by atoms with E-state index in [1.807, 2.05) is 0 Å². The second kappa shape index (κ2) is 8.57. The summed E-state index contributed by atoms with van der Waals surface area (Å²) in [5, 5.41) is 3.75. The van der Waals surface area contributed by atoms with Crippen LogP contribution in [0.25, 0.3) is 0 Å². The monoisotopic (exact) mass is 385 g/mol. The minimum absolute atomic E-state index is 0.416. The summed E-state index contributed by atoms with van der Waals surface area (Å²) >= 11 is 5.57. The number of anilines is 1. The topological polar surface area (TPSA) is 18.5 Å². The van der Waals surface area contributed by atoms with Crippen molar-refractivity contribution in [2.75, 3.05) is 31.5 Å². The van der Waals surface area contributed by atoms with E-state index in [0.29, 0.717) is 16.8 Å². The van der Waals surface area contributed by atoms with E-state index >= 15 is 0 Å². The van der Waals surface area contributed by atoms with Crippen LogP contribution in [0.2, 0.25) is 0 Å². The Balaban J connectivity index is 1.57. The highest BCUT2D eigenvalue weighted by Gasteiger charge is 2.30. The largest absolute Gasteiger partial charge is 0.416 e. The Morgan fingerprint density at radius 2 is 1.69 bits per heavy atom. The third-order valence-corrected chi connectivity index (χ3v) is 5.67. The molecule has 26 heavy (non-hydrogen) atoms. The van der Waals surface area contributed by atoms with E-state index in [4.69, 9.17) is 12.2 Å². The van der Waals surface area contributed by atoms with Crippen molar-refractivity contribution < 1.29 is 13.2 Å². The van der Waals surface area contributed by atoms with E-state index in [2.05, 4.69) is 15.1 Å². The van der Waals surface area contributed by atoms with Gasteiger partial charge in [0.15, 0.2) is 5.11 Å². The predicted octanol–water partition coefficient (Wildman–Crippen LogP) is 4.74. The highest BCUT2D eigenvalue weighted by molar-refractivity contribution is 7.80. The summed E-state index contributed by atoms with van der Waals surface area (Å²) in [5.41, 5.74) is -0.0395. The molecule has 7 heteroatoms. The van der Waals surface area contributed by atoms with Gasteiger partial charge in [0.1, 0.15) is 0 Å². The number of hydrogen-bond donors (Lipinski definition) is 1. The molecule has 2 saturated heterocycles. The molecule has 2 aliphatic rings. The first-order chi connectivity index (χ1) is 12.4. The summed E-state index contributed by atoms with van der Waals surface area (Å²) in [4.78, 5) is 4.74. The molecule has 0 radical (unpaired) electrons. The first-order valence-electron chi connectivity index (χ1n) is 9.41. The minimum atomic E-state index is -4.31. The number of piperidine rings is 1. The fourth-order valence-corrected chi connectivity index (χ4v) is 4.20. The summed E-state index contributed by atoms with van der Waals surface area (Å²) < 4.78 is 38.0. The van der Waals surface area contributed by atoms with E-state index < -0.39 is 11.7 Å². The molecule has 1 aromatic carbocycles. The van der Waals surface area contributed by atoms with Crippen LogP contribution in [0, 0.1) is 0 Å². The van der Waals surface area contributed by atoms with Crippen LogP contribution in [0.3, 0.4) is 0 Å². The van der Waals surface area contributed by atoms with Gasteiger partial charge in [-0.25, -0.2) is 0 Å². The summed E-state index contributed by atoms with van der Waals surface area (Å²) in [6.45, 7) is 4.41. The second-order valence-corrected chi connectivity index (χ2v) is 7.57. The molecule has 1 aromatic rings. The van der Waals surface area contributed by atoms with Gasteiger partial charge in [0.25, 0.3) is 0 Å². The van der Waals surface area contributed by atoms with Crippen molar-refractivity contribution in [1.82, 2.24) is 9.80 Å². The van der Waals surface area contributed by atoms with Crippen molar-refractivity contribution in [2.24, 2.45) is 0 Å². The van der Waals surface area contributed by atoms with Gasteiger partial charge in [0.2, 0.25) is 0 Å². The SMILES string of the molecule is FC(F)(F)c1ccc(NC(=S)N2CCCC[C@@H]2CCN2CCCC2)cc1. The van der Waals surface area contributed by atoms with Gasteiger partial charge in [0, 0.05) is 24.8 Å². The number of rotatable bonds is 4. The molecule has 2 aliphatic heterocycles. The number of likely N-dealkylation sites (tertiary alicyclic amines) is 2. The highest BCUT2D eigenvalue weighted by Crippen LogP contribution is 2.30. The van der Waals surface area contributed by atoms with Crippen LogP contribution in [0.4, 0.5) is 18.9 Å². The third-order valence-electron chi connectivity index (χ3n) is 5.33. The van der Waals surface area contributed by atoms with Crippen molar-refractivity contribution in [3.05, 3.63) is 29.8 Å². The number of halogens is 3. The quantitative estimate of drug-likeness (QED) is 0.754. The lowest BCUT2D eigenvalue weighted by Crippen LogP contribution is -2.46. The maximum Gasteiger partial charge on any atom is 0.416 e. The van der Waals surface area contributed by atoms with Gasteiger partial charge >= 0.3 is 6.18 Å². The molecular formula is C19H26F3N3S. The zero-order valence-corrected chi connectivity index (χ0v) is 15.7. The van der Waals surface area contributed by atoms with Gasteiger partial charge in [-0.2, -0.15) is 13.2 Å². The number of nitrogens with one attached hydrogen (secondary N) is 1. The number of alkyl halides is 3. The molecule has 3 nitrogen and oxygen atoms in total. The number of nitrogens with zero attached hydrogens (tertiary/aromatic N) is 2. The summed E-state index contributed by atoms with van der Waals surface area (Å²) in [6, 6.07) is 5.48. The first-order valence-corrected chi connectivity index (χ1v) is 9.81. The van der Waals surface area contributed by atoms with E-state index in [1.54, 1.807) is 0 Å². The van der Waals surface area contributed by atoms with E-state index in [0.717, 1.165) is 44.5 Å². The van der Waals surface area contributed by atoms with Crippen LogP contribution in [0.15, 0.2) is 24.3 Å². The van der Waals surface area contributed by atoms with E-state index in [1.165, 1.54) is 44.5 Å². The molecule has 1 atom stereocenters. The van der Waals surface area contributed by atoms with Crippen LogP contribution in [0.1, 0.15) is 44.1 Å². The Hall–Kier alpha value is -1.34. The Morgan fingerprint density at radius 3 is 2.35 bits per heavy atom. The van der Waals surface area contributed by atoms with Crippen molar-refractivity contribution in [3.63, 3.8) is 0 Å². The van der Waals surface area contributed by atoms with E-state index in [-0.39, 0.29) is 0 Å². The molecule has 2 heterocycles. The van der Waals surface area contributed by atoms with Crippen molar-refractivity contribution in [1.29, 1.82) is 0 Å².